The van der Waals surface area contributed by atoms with E-state index >= 15 is 0 Å². The minimum atomic E-state index is 0.311. The maximum atomic E-state index is 12.3. The number of piperidine rings is 1. The first-order chi connectivity index (χ1) is 9.19. The largest absolute Gasteiger partial charge is 0.342 e. The lowest BCUT2D eigenvalue weighted by molar-refractivity contribution is -0.128. The molecule has 3 nitrogen and oxygen atoms in total. The molecule has 1 amide bonds. The third-order valence-electron chi connectivity index (χ3n) is 5.09. The summed E-state index contributed by atoms with van der Waals surface area (Å²) < 4.78 is 0. The molecule has 1 N–H and O–H groups in total. The molecule has 0 bridgehead atoms. The van der Waals surface area contributed by atoms with Crippen LogP contribution in [0.1, 0.15) is 58.8 Å². The zero-order valence-corrected chi connectivity index (χ0v) is 12.7. The van der Waals surface area contributed by atoms with Gasteiger partial charge in [0.25, 0.3) is 0 Å². The molecule has 1 atom stereocenters. The number of unbranched alkanes of at least 4 members (excludes halogenated alkanes) is 1. The van der Waals surface area contributed by atoms with Crippen LogP contribution in [0.4, 0.5) is 0 Å². The van der Waals surface area contributed by atoms with Gasteiger partial charge in [-0.2, -0.15) is 0 Å². The number of amides is 1. The lowest BCUT2D eigenvalue weighted by Crippen LogP contribution is -2.39. The molecule has 0 saturated carbocycles. The average molecular weight is 266 g/mol. The molecule has 19 heavy (non-hydrogen) atoms. The van der Waals surface area contributed by atoms with E-state index in [1.54, 1.807) is 0 Å². The van der Waals surface area contributed by atoms with Gasteiger partial charge >= 0.3 is 0 Å². The molecule has 0 aromatic rings. The van der Waals surface area contributed by atoms with Crippen LogP contribution < -0.4 is 5.32 Å². The average Bonchev–Trinajstić information content (AvgIpc) is 2.71. The van der Waals surface area contributed by atoms with Crippen LogP contribution in [0.15, 0.2) is 0 Å². The Morgan fingerprint density at radius 1 is 1.32 bits per heavy atom. The number of hydrogen-bond donors (Lipinski definition) is 1. The fourth-order valence-electron chi connectivity index (χ4n) is 3.67. The quantitative estimate of drug-likeness (QED) is 0.802. The first-order valence-electron chi connectivity index (χ1n) is 8.17. The van der Waals surface area contributed by atoms with Crippen LogP contribution in [0.2, 0.25) is 0 Å². The third-order valence-corrected chi connectivity index (χ3v) is 5.09. The standard InChI is InChI=1S/C16H30N2O/c1-3-5-6-14(4-2)12-18-13-16(11-15(18)19)7-9-17-10-8-16/h14,17H,3-13H2,1-2H3. The third kappa shape index (κ3) is 3.71. The summed E-state index contributed by atoms with van der Waals surface area (Å²) in [6, 6.07) is 0. The van der Waals surface area contributed by atoms with E-state index in [9.17, 15) is 4.79 Å². The maximum absolute atomic E-state index is 12.3. The Morgan fingerprint density at radius 3 is 2.68 bits per heavy atom. The molecule has 0 aromatic heterocycles. The first kappa shape index (κ1) is 14.8. The van der Waals surface area contributed by atoms with Gasteiger partial charge in [-0.05, 0) is 43.7 Å². The minimum absolute atomic E-state index is 0.311. The molecule has 1 spiro atoms. The Labute approximate surface area is 118 Å². The molecular formula is C16H30N2O. The van der Waals surface area contributed by atoms with Crippen molar-refractivity contribution < 1.29 is 4.79 Å². The van der Waals surface area contributed by atoms with Crippen molar-refractivity contribution in [3.8, 4) is 0 Å². The van der Waals surface area contributed by atoms with Crippen LogP contribution in [0.3, 0.4) is 0 Å². The molecule has 3 heteroatoms. The van der Waals surface area contributed by atoms with Crippen LogP contribution in [0.25, 0.3) is 0 Å². The fraction of sp³-hybridized carbons (Fsp3) is 0.938. The van der Waals surface area contributed by atoms with Crippen LogP contribution in [-0.4, -0.2) is 37.0 Å². The van der Waals surface area contributed by atoms with Crippen LogP contribution >= 0.6 is 0 Å². The number of hydrogen-bond acceptors (Lipinski definition) is 2. The molecule has 1 unspecified atom stereocenters. The van der Waals surface area contributed by atoms with Crippen LogP contribution in [0.5, 0.6) is 0 Å². The number of likely N-dealkylation sites (tertiary alicyclic amines) is 1. The van der Waals surface area contributed by atoms with Gasteiger partial charge in [0.15, 0.2) is 0 Å². The van der Waals surface area contributed by atoms with Crippen molar-refractivity contribution in [2.75, 3.05) is 26.2 Å². The summed E-state index contributed by atoms with van der Waals surface area (Å²) in [4.78, 5) is 14.5. The summed E-state index contributed by atoms with van der Waals surface area (Å²) in [5.74, 6) is 1.12. The van der Waals surface area contributed by atoms with E-state index in [1.165, 1.54) is 38.5 Å². The van der Waals surface area contributed by atoms with Crippen molar-refractivity contribution in [2.24, 2.45) is 11.3 Å². The summed E-state index contributed by atoms with van der Waals surface area (Å²) >= 11 is 0. The van der Waals surface area contributed by atoms with Crippen LogP contribution in [0, 0.1) is 11.3 Å². The molecule has 2 saturated heterocycles. The van der Waals surface area contributed by atoms with E-state index in [4.69, 9.17) is 0 Å². The molecule has 0 radical (unpaired) electrons. The second-order valence-corrected chi connectivity index (χ2v) is 6.62. The van der Waals surface area contributed by atoms with Gasteiger partial charge < -0.3 is 10.2 Å². The SMILES string of the molecule is CCCCC(CC)CN1CC2(CCNCC2)CC1=O. The van der Waals surface area contributed by atoms with Gasteiger partial charge in [0, 0.05) is 19.5 Å². The number of nitrogens with one attached hydrogen (secondary N) is 1. The highest BCUT2D eigenvalue weighted by molar-refractivity contribution is 5.79. The van der Waals surface area contributed by atoms with Crippen molar-refractivity contribution in [1.29, 1.82) is 0 Å². The predicted octanol–water partition coefficient (Wildman–Crippen LogP) is 2.80. The van der Waals surface area contributed by atoms with Gasteiger partial charge in [-0.3, -0.25) is 4.79 Å². The zero-order valence-electron chi connectivity index (χ0n) is 12.7. The van der Waals surface area contributed by atoms with Crippen molar-refractivity contribution in [1.82, 2.24) is 10.2 Å². The highest BCUT2D eigenvalue weighted by atomic mass is 16.2. The minimum Gasteiger partial charge on any atom is -0.342 e. The predicted molar refractivity (Wildman–Crippen MR) is 79.0 cm³/mol. The van der Waals surface area contributed by atoms with Crippen LogP contribution in [-0.2, 0) is 4.79 Å². The Morgan fingerprint density at radius 2 is 2.05 bits per heavy atom. The van der Waals surface area contributed by atoms with Gasteiger partial charge in [0.05, 0.1) is 0 Å². The summed E-state index contributed by atoms with van der Waals surface area (Å²) in [5.41, 5.74) is 0.311. The van der Waals surface area contributed by atoms with E-state index in [-0.39, 0.29) is 0 Å². The van der Waals surface area contributed by atoms with Crippen molar-refractivity contribution in [3.05, 3.63) is 0 Å². The second kappa shape index (κ2) is 6.74. The second-order valence-electron chi connectivity index (χ2n) is 6.62. The van der Waals surface area contributed by atoms with E-state index in [1.807, 2.05) is 0 Å². The monoisotopic (exact) mass is 266 g/mol. The van der Waals surface area contributed by atoms with Gasteiger partial charge in [0.1, 0.15) is 0 Å². The molecule has 0 aliphatic carbocycles. The van der Waals surface area contributed by atoms with Crippen molar-refractivity contribution >= 4 is 5.91 Å². The van der Waals surface area contributed by atoms with Gasteiger partial charge in [-0.25, -0.2) is 0 Å². The molecule has 2 aliphatic heterocycles. The Kier molecular flexibility index (Phi) is 5.26. The lowest BCUT2D eigenvalue weighted by atomic mass is 9.78. The summed E-state index contributed by atoms with van der Waals surface area (Å²) in [6.07, 6.45) is 8.22. The summed E-state index contributed by atoms with van der Waals surface area (Å²) in [5, 5.41) is 3.42. The number of carbonyl (C=O) groups is 1. The molecular weight excluding hydrogens is 236 g/mol. The molecule has 2 aliphatic rings. The Bertz CT molecular complexity index is 297. The molecule has 2 rings (SSSR count). The highest BCUT2D eigenvalue weighted by Gasteiger charge is 2.43. The van der Waals surface area contributed by atoms with Crippen molar-refractivity contribution in [2.45, 2.75) is 58.8 Å². The van der Waals surface area contributed by atoms with Gasteiger partial charge in [0.2, 0.25) is 5.91 Å². The number of rotatable bonds is 6. The van der Waals surface area contributed by atoms with E-state index in [2.05, 4.69) is 24.1 Å². The summed E-state index contributed by atoms with van der Waals surface area (Å²) in [6.45, 7) is 8.72. The van der Waals surface area contributed by atoms with E-state index in [0.717, 1.165) is 32.6 Å². The van der Waals surface area contributed by atoms with Gasteiger partial charge in [-0.1, -0.05) is 33.1 Å². The van der Waals surface area contributed by atoms with E-state index in [0.29, 0.717) is 17.2 Å². The summed E-state index contributed by atoms with van der Waals surface area (Å²) in [7, 11) is 0. The first-order valence-corrected chi connectivity index (χ1v) is 8.17. The topological polar surface area (TPSA) is 32.3 Å². The zero-order chi connectivity index (χ0) is 13.7. The Balaban J connectivity index is 1.88. The highest BCUT2D eigenvalue weighted by Crippen LogP contribution is 2.39. The molecule has 2 heterocycles. The normalized spacial score (nSPS) is 24.1. The maximum Gasteiger partial charge on any atom is 0.223 e. The molecule has 110 valence electrons. The molecule has 2 fully saturated rings. The fourth-order valence-corrected chi connectivity index (χ4v) is 3.67. The number of nitrogens with zero attached hydrogens (tertiary/aromatic N) is 1. The smallest absolute Gasteiger partial charge is 0.223 e. The molecule has 0 aromatic carbocycles. The Hall–Kier alpha value is -0.570. The lowest BCUT2D eigenvalue weighted by Gasteiger charge is -2.33. The van der Waals surface area contributed by atoms with E-state index < -0.39 is 0 Å². The number of carbonyl (C=O) groups excluding carboxylic acids is 1. The van der Waals surface area contributed by atoms with Crippen molar-refractivity contribution in [3.63, 3.8) is 0 Å². The van der Waals surface area contributed by atoms with Gasteiger partial charge in [-0.15, -0.1) is 0 Å².